The van der Waals surface area contributed by atoms with E-state index in [1.54, 1.807) is 0 Å². The van der Waals surface area contributed by atoms with Gasteiger partial charge in [-0.05, 0) is 23.6 Å². The molecule has 0 spiro atoms. The zero-order valence-corrected chi connectivity index (χ0v) is 11.3. The predicted octanol–water partition coefficient (Wildman–Crippen LogP) is 2.55. The maximum absolute atomic E-state index is 12.9. The molecule has 0 aromatic heterocycles. The number of hydrogen-bond donors (Lipinski definition) is 1. The standard InChI is InChI=1S/C14H17F3N2O/c1-8(2)12-14(20)19(7-11(16)17)13(18-12)9-3-5-10(15)6-4-9/h3-6,8,11-13,18H,7H2,1-2H3. The summed E-state index contributed by atoms with van der Waals surface area (Å²) in [5.74, 6) is -0.748. The van der Waals surface area contributed by atoms with E-state index in [-0.39, 0.29) is 11.8 Å². The Morgan fingerprint density at radius 3 is 2.35 bits per heavy atom. The topological polar surface area (TPSA) is 32.3 Å². The van der Waals surface area contributed by atoms with Gasteiger partial charge in [-0.3, -0.25) is 10.1 Å². The Labute approximate surface area is 115 Å². The number of hydrogen-bond acceptors (Lipinski definition) is 2. The predicted molar refractivity (Wildman–Crippen MR) is 68.6 cm³/mol. The fraction of sp³-hybridized carbons (Fsp3) is 0.500. The molecule has 20 heavy (non-hydrogen) atoms. The first-order chi connectivity index (χ1) is 9.40. The van der Waals surface area contributed by atoms with Gasteiger partial charge in [0.2, 0.25) is 5.91 Å². The van der Waals surface area contributed by atoms with Crippen LogP contribution in [0.25, 0.3) is 0 Å². The highest BCUT2D eigenvalue weighted by atomic mass is 19.3. The molecule has 1 amide bonds. The monoisotopic (exact) mass is 286 g/mol. The Balaban J connectivity index is 2.28. The molecule has 1 heterocycles. The molecule has 0 aliphatic carbocycles. The lowest BCUT2D eigenvalue weighted by molar-refractivity contribution is -0.132. The smallest absolute Gasteiger partial charge is 0.255 e. The highest BCUT2D eigenvalue weighted by Crippen LogP contribution is 2.28. The number of carbonyl (C=O) groups is 1. The number of carbonyl (C=O) groups excluding carboxylic acids is 1. The first-order valence-corrected chi connectivity index (χ1v) is 6.50. The summed E-state index contributed by atoms with van der Waals surface area (Å²) in [7, 11) is 0. The minimum absolute atomic E-state index is 0.00637. The Kier molecular flexibility index (Phi) is 4.32. The molecule has 2 atom stereocenters. The molecule has 1 aliphatic heterocycles. The molecular weight excluding hydrogens is 269 g/mol. The highest BCUT2D eigenvalue weighted by molar-refractivity contribution is 5.84. The van der Waals surface area contributed by atoms with Crippen molar-refractivity contribution >= 4 is 5.91 Å². The molecule has 6 heteroatoms. The van der Waals surface area contributed by atoms with Gasteiger partial charge in [0.25, 0.3) is 6.43 Å². The van der Waals surface area contributed by atoms with E-state index in [2.05, 4.69) is 5.32 Å². The van der Waals surface area contributed by atoms with Gasteiger partial charge in [-0.25, -0.2) is 13.2 Å². The van der Waals surface area contributed by atoms with Crippen molar-refractivity contribution in [2.45, 2.75) is 32.5 Å². The average molecular weight is 286 g/mol. The van der Waals surface area contributed by atoms with Crippen molar-refractivity contribution < 1.29 is 18.0 Å². The van der Waals surface area contributed by atoms with Crippen molar-refractivity contribution in [2.75, 3.05) is 6.54 Å². The Hall–Kier alpha value is -1.56. The number of alkyl halides is 2. The Bertz CT molecular complexity index is 476. The van der Waals surface area contributed by atoms with E-state index in [0.717, 1.165) is 4.90 Å². The van der Waals surface area contributed by atoms with Crippen LogP contribution >= 0.6 is 0 Å². The van der Waals surface area contributed by atoms with Crippen molar-refractivity contribution in [1.29, 1.82) is 0 Å². The van der Waals surface area contributed by atoms with Gasteiger partial charge in [-0.2, -0.15) is 0 Å². The van der Waals surface area contributed by atoms with Crippen molar-refractivity contribution in [3.8, 4) is 0 Å². The fourth-order valence-corrected chi connectivity index (χ4v) is 2.38. The molecule has 0 bridgehead atoms. The third kappa shape index (κ3) is 2.95. The molecular formula is C14H17F3N2O. The van der Waals surface area contributed by atoms with Crippen LogP contribution in [0, 0.1) is 11.7 Å². The highest BCUT2D eigenvalue weighted by Gasteiger charge is 2.41. The average Bonchev–Trinajstić information content (AvgIpc) is 2.68. The van der Waals surface area contributed by atoms with Gasteiger partial charge in [-0.1, -0.05) is 26.0 Å². The van der Waals surface area contributed by atoms with E-state index >= 15 is 0 Å². The number of benzene rings is 1. The van der Waals surface area contributed by atoms with Gasteiger partial charge in [-0.15, -0.1) is 0 Å². The van der Waals surface area contributed by atoms with Crippen LogP contribution in [0.5, 0.6) is 0 Å². The fourth-order valence-electron chi connectivity index (χ4n) is 2.38. The van der Waals surface area contributed by atoms with Crippen LogP contribution in [0.2, 0.25) is 0 Å². The molecule has 1 aromatic carbocycles. The van der Waals surface area contributed by atoms with Crippen molar-refractivity contribution in [1.82, 2.24) is 10.2 Å². The second-order valence-corrected chi connectivity index (χ2v) is 5.22. The Morgan fingerprint density at radius 2 is 1.85 bits per heavy atom. The summed E-state index contributed by atoms with van der Waals surface area (Å²) in [6.07, 6.45) is -3.24. The number of nitrogens with one attached hydrogen (secondary N) is 1. The molecule has 0 radical (unpaired) electrons. The number of halogens is 3. The maximum atomic E-state index is 12.9. The summed E-state index contributed by atoms with van der Waals surface area (Å²) < 4.78 is 38.3. The summed E-state index contributed by atoms with van der Waals surface area (Å²) in [4.78, 5) is 13.3. The van der Waals surface area contributed by atoms with E-state index in [9.17, 15) is 18.0 Å². The lowest BCUT2D eigenvalue weighted by Gasteiger charge is -2.24. The molecule has 2 rings (SSSR count). The van der Waals surface area contributed by atoms with Crippen LogP contribution in [-0.4, -0.2) is 29.8 Å². The van der Waals surface area contributed by atoms with Crippen molar-refractivity contribution in [3.05, 3.63) is 35.6 Å². The lowest BCUT2D eigenvalue weighted by atomic mass is 10.1. The van der Waals surface area contributed by atoms with Gasteiger partial charge >= 0.3 is 0 Å². The van der Waals surface area contributed by atoms with Gasteiger partial charge in [0, 0.05) is 0 Å². The summed E-state index contributed by atoms with van der Waals surface area (Å²) in [6.45, 7) is 3.07. The van der Waals surface area contributed by atoms with Crippen molar-refractivity contribution in [2.24, 2.45) is 5.92 Å². The molecule has 3 nitrogen and oxygen atoms in total. The van der Waals surface area contributed by atoms with Gasteiger partial charge in [0.05, 0.1) is 12.6 Å². The van der Waals surface area contributed by atoms with Gasteiger partial charge in [0.1, 0.15) is 12.0 Å². The summed E-state index contributed by atoms with van der Waals surface area (Å²) in [6, 6.07) is 5.02. The van der Waals surface area contributed by atoms with E-state index in [0.29, 0.717) is 5.56 Å². The molecule has 1 N–H and O–H groups in total. The molecule has 1 aromatic rings. The lowest BCUT2D eigenvalue weighted by Crippen LogP contribution is -2.36. The van der Waals surface area contributed by atoms with Gasteiger partial charge in [0.15, 0.2) is 0 Å². The van der Waals surface area contributed by atoms with Crippen LogP contribution in [0.4, 0.5) is 13.2 Å². The van der Waals surface area contributed by atoms with Crippen LogP contribution in [0.3, 0.4) is 0 Å². The second kappa shape index (κ2) is 5.83. The minimum Gasteiger partial charge on any atom is -0.316 e. The van der Waals surface area contributed by atoms with E-state index < -0.39 is 31.0 Å². The Morgan fingerprint density at radius 1 is 1.25 bits per heavy atom. The van der Waals surface area contributed by atoms with Gasteiger partial charge < -0.3 is 4.90 Å². The molecule has 0 saturated carbocycles. The van der Waals surface area contributed by atoms with Crippen LogP contribution in [-0.2, 0) is 4.79 Å². The molecule has 1 saturated heterocycles. The summed E-state index contributed by atoms with van der Waals surface area (Å²) in [5, 5.41) is 3.05. The first-order valence-electron chi connectivity index (χ1n) is 6.50. The zero-order chi connectivity index (χ0) is 14.9. The van der Waals surface area contributed by atoms with E-state index in [1.807, 2.05) is 13.8 Å². The third-order valence-corrected chi connectivity index (χ3v) is 3.39. The van der Waals surface area contributed by atoms with Crippen LogP contribution in [0.1, 0.15) is 25.6 Å². The quantitative estimate of drug-likeness (QED) is 0.922. The van der Waals surface area contributed by atoms with E-state index in [4.69, 9.17) is 0 Å². The molecule has 1 fully saturated rings. The normalized spacial score (nSPS) is 23.1. The molecule has 110 valence electrons. The minimum atomic E-state index is -2.60. The SMILES string of the molecule is CC(C)C1NC(c2ccc(F)cc2)N(CC(F)F)C1=O. The summed E-state index contributed by atoms with van der Waals surface area (Å²) >= 11 is 0. The molecule has 1 aliphatic rings. The van der Waals surface area contributed by atoms with E-state index in [1.165, 1.54) is 24.3 Å². The largest absolute Gasteiger partial charge is 0.316 e. The second-order valence-electron chi connectivity index (χ2n) is 5.22. The third-order valence-electron chi connectivity index (χ3n) is 3.39. The molecule has 2 unspecified atom stereocenters. The number of rotatable bonds is 4. The maximum Gasteiger partial charge on any atom is 0.255 e. The van der Waals surface area contributed by atoms with Crippen molar-refractivity contribution in [3.63, 3.8) is 0 Å². The first kappa shape index (κ1) is 14.8. The zero-order valence-electron chi connectivity index (χ0n) is 11.3. The van der Waals surface area contributed by atoms with Crippen LogP contribution < -0.4 is 5.32 Å². The number of amides is 1. The number of nitrogens with zero attached hydrogens (tertiary/aromatic N) is 1. The summed E-state index contributed by atoms with van der Waals surface area (Å²) in [5.41, 5.74) is 0.601. The van der Waals surface area contributed by atoms with Crippen LogP contribution in [0.15, 0.2) is 24.3 Å².